The van der Waals surface area contributed by atoms with Crippen LogP contribution in [0.5, 0.6) is 0 Å². The van der Waals surface area contributed by atoms with E-state index >= 15 is 0 Å². The van der Waals surface area contributed by atoms with Crippen LogP contribution in [0.25, 0.3) is 0 Å². The van der Waals surface area contributed by atoms with Crippen molar-refractivity contribution in [2.24, 2.45) is 17.8 Å². The van der Waals surface area contributed by atoms with Gasteiger partial charge in [0.1, 0.15) is 6.17 Å². The van der Waals surface area contributed by atoms with E-state index in [1.807, 2.05) is 0 Å². The molecule has 1 aliphatic rings. The minimum atomic E-state index is -6.33. The quantitative estimate of drug-likeness (QED) is 0.755. The molecule has 0 heterocycles. The third kappa shape index (κ3) is 2.39. The fourth-order valence-corrected chi connectivity index (χ4v) is 2.91. The zero-order valence-electron chi connectivity index (χ0n) is 10.9. The molecule has 0 aromatic heterocycles. The molecule has 4 unspecified atom stereocenters. The van der Waals surface area contributed by atoms with Gasteiger partial charge in [0, 0.05) is 11.8 Å². The largest absolute Gasteiger partial charge is 0.426 e. The van der Waals surface area contributed by atoms with Crippen molar-refractivity contribution >= 4 is 0 Å². The van der Waals surface area contributed by atoms with E-state index in [1.165, 1.54) is 0 Å². The number of alkyl halides is 9. The molecule has 1 aliphatic carbocycles. The molecule has 0 spiro atoms. The molecule has 0 bridgehead atoms. The number of aliphatic hydroxyl groups is 1. The Labute approximate surface area is 114 Å². The third-order valence-corrected chi connectivity index (χ3v) is 4.14. The van der Waals surface area contributed by atoms with Gasteiger partial charge in [-0.05, 0) is 6.42 Å². The molecule has 1 saturated carbocycles. The molecule has 1 N–H and O–H groups in total. The average molecular weight is 332 g/mol. The molecule has 1 nitrogen and oxygen atoms in total. The van der Waals surface area contributed by atoms with Gasteiger partial charge in [-0.15, -0.1) is 0 Å². The van der Waals surface area contributed by atoms with Gasteiger partial charge in [0.05, 0.1) is 5.92 Å². The summed E-state index contributed by atoms with van der Waals surface area (Å²) >= 11 is 0. The van der Waals surface area contributed by atoms with Crippen molar-refractivity contribution in [3.63, 3.8) is 0 Å². The molecular weight excluding hydrogens is 319 g/mol. The predicted octanol–water partition coefficient (Wildman–Crippen LogP) is 4.11. The lowest BCUT2D eigenvalue weighted by Gasteiger charge is -2.40. The maximum absolute atomic E-state index is 13.8. The van der Waals surface area contributed by atoms with E-state index in [0.717, 1.165) is 6.92 Å². The van der Waals surface area contributed by atoms with Gasteiger partial charge < -0.3 is 5.11 Å². The zero-order chi connectivity index (χ0) is 17.0. The first-order valence-electron chi connectivity index (χ1n) is 6.01. The second kappa shape index (κ2) is 4.92. The van der Waals surface area contributed by atoms with Gasteiger partial charge in [-0.2, -0.15) is 26.3 Å². The highest BCUT2D eigenvalue weighted by atomic mass is 19.4. The van der Waals surface area contributed by atoms with Gasteiger partial charge in [0.15, 0.2) is 0 Å². The Balaban J connectivity index is 3.52. The maximum atomic E-state index is 13.8. The highest BCUT2D eigenvalue weighted by Gasteiger charge is 2.80. The van der Waals surface area contributed by atoms with Crippen LogP contribution in [0.4, 0.5) is 39.5 Å². The maximum Gasteiger partial charge on any atom is 0.426 e. The number of hydrogen-bond acceptors (Lipinski definition) is 1. The van der Waals surface area contributed by atoms with Crippen LogP contribution in [-0.2, 0) is 0 Å². The molecule has 0 radical (unpaired) electrons. The lowest BCUT2D eigenvalue weighted by molar-refractivity contribution is -0.393. The SMILES string of the molecule is CCC1C(C(O)(C(F)(F)F)C(F)(F)F)C(F)C(C)C1(F)F. The van der Waals surface area contributed by atoms with Crippen molar-refractivity contribution in [1.82, 2.24) is 0 Å². The van der Waals surface area contributed by atoms with Crippen LogP contribution in [0.15, 0.2) is 0 Å². The molecule has 1 rings (SSSR count). The highest BCUT2D eigenvalue weighted by Crippen LogP contribution is 2.61. The summed E-state index contributed by atoms with van der Waals surface area (Å²) < 4.78 is 118. The normalized spacial score (nSPS) is 34.3. The fourth-order valence-electron chi connectivity index (χ4n) is 2.91. The monoisotopic (exact) mass is 332 g/mol. The molecule has 0 aliphatic heterocycles. The van der Waals surface area contributed by atoms with Crippen LogP contribution in [0, 0.1) is 17.8 Å². The molecule has 1 fully saturated rings. The van der Waals surface area contributed by atoms with E-state index in [9.17, 15) is 44.6 Å². The van der Waals surface area contributed by atoms with E-state index in [0.29, 0.717) is 6.92 Å². The van der Waals surface area contributed by atoms with Gasteiger partial charge in [-0.3, -0.25) is 0 Å². The lowest BCUT2D eigenvalue weighted by atomic mass is 9.76. The average Bonchev–Trinajstić information content (AvgIpc) is 2.45. The van der Waals surface area contributed by atoms with Gasteiger partial charge in [-0.1, -0.05) is 13.8 Å². The summed E-state index contributed by atoms with van der Waals surface area (Å²) in [5.41, 5.74) is -5.52. The Morgan fingerprint density at radius 3 is 1.67 bits per heavy atom. The van der Waals surface area contributed by atoms with Crippen molar-refractivity contribution in [3.8, 4) is 0 Å². The van der Waals surface area contributed by atoms with E-state index in [2.05, 4.69) is 0 Å². The summed E-state index contributed by atoms with van der Waals surface area (Å²) in [5.74, 6) is -12.3. The Hall–Kier alpha value is -0.670. The lowest BCUT2D eigenvalue weighted by Crippen LogP contribution is -2.64. The van der Waals surface area contributed by atoms with Gasteiger partial charge in [0.25, 0.3) is 11.5 Å². The Morgan fingerprint density at radius 2 is 1.38 bits per heavy atom. The van der Waals surface area contributed by atoms with E-state index in [1.54, 1.807) is 0 Å². The van der Waals surface area contributed by atoms with Crippen LogP contribution in [-0.4, -0.2) is 35.2 Å². The van der Waals surface area contributed by atoms with Gasteiger partial charge >= 0.3 is 12.4 Å². The van der Waals surface area contributed by atoms with Crippen LogP contribution in [0.2, 0.25) is 0 Å². The van der Waals surface area contributed by atoms with E-state index in [4.69, 9.17) is 0 Å². The second-order valence-electron chi connectivity index (χ2n) is 5.21. The topological polar surface area (TPSA) is 20.2 Å². The van der Waals surface area contributed by atoms with Crippen LogP contribution < -0.4 is 0 Å². The fraction of sp³-hybridized carbons (Fsp3) is 1.00. The van der Waals surface area contributed by atoms with Crippen molar-refractivity contribution in [1.29, 1.82) is 0 Å². The van der Waals surface area contributed by atoms with Crippen molar-refractivity contribution < 1.29 is 44.6 Å². The summed E-state index contributed by atoms with van der Waals surface area (Å²) in [5, 5.41) is 9.18. The minimum Gasteiger partial charge on any atom is -0.373 e. The van der Waals surface area contributed by atoms with Crippen LogP contribution in [0.3, 0.4) is 0 Å². The van der Waals surface area contributed by atoms with E-state index < -0.39 is 54.2 Å². The van der Waals surface area contributed by atoms with Crippen molar-refractivity contribution in [3.05, 3.63) is 0 Å². The molecule has 126 valence electrons. The highest BCUT2D eigenvalue weighted by molar-refractivity contribution is 5.12. The summed E-state index contributed by atoms with van der Waals surface area (Å²) in [6.07, 6.45) is -16.6. The van der Waals surface area contributed by atoms with Gasteiger partial charge in [0.2, 0.25) is 0 Å². The van der Waals surface area contributed by atoms with Crippen LogP contribution in [0.1, 0.15) is 20.3 Å². The summed E-state index contributed by atoms with van der Waals surface area (Å²) in [6.45, 7) is 1.45. The summed E-state index contributed by atoms with van der Waals surface area (Å²) in [6, 6.07) is 0. The molecular formula is C11H13F9O. The molecule has 0 aromatic carbocycles. The molecule has 4 atom stereocenters. The number of hydrogen-bond donors (Lipinski definition) is 1. The minimum absolute atomic E-state index is 0.528. The zero-order valence-corrected chi connectivity index (χ0v) is 10.9. The van der Waals surface area contributed by atoms with Crippen molar-refractivity contribution in [2.45, 2.75) is 50.3 Å². The molecule has 0 saturated heterocycles. The first-order valence-corrected chi connectivity index (χ1v) is 6.01. The third-order valence-electron chi connectivity index (χ3n) is 4.14. The smallest absolute Gasteiger partial charge is 0.373 e. The van der Waals surface area contributed by atoms with Crippen LogP contribution >= 0.6 is 0 Å². The second-order valence-corrected chi connectivity index (χ2v) is 5.21. The first kappa shape index (κ1) is 18.4. The molecule has 10 heteroatoms. The first-order chi connectivity index (χ1) is 9.14. The molecule has 0 amide bonds. The number of rotatable bonds is 2. The Bertz CT molecular complexity index is 372. The molecule has 21 heavy (non-hydrogen) atoms. The number of halogens is 9. The van der Waals surface area contributed by atoms with Gasteiger partial charge in [-0.25, -0.2) is 13.2 Å². The standard InChI is InChI=1S/C11H13F9O/c1-3-5-6(7(12)4(2)8(5,13)14)9(21,10(15,16)17)11(18,19)20/h4-7,21H,3H2,1-2H3. The Morgan fingerprint density at radius 1 is 1.00 bits per heavy atom. The Kier molecular flexibility index (Phi) is 4.31. The predicted molar refractivity (Wildman–Crippen MR) is 53.3 cm³/mol. The molecule has 0 aromatic rings. The summed E-state index contributed by atoms with van der Waals surface area (Å²) in [7, 11) is 0. The summed E-state index contributed by atoms with van der Waals surface area (Å²) in [4.78, 5) is 0. The van der Waals surface area contributed by atoms with Crippen molar-refractivity contribution in [2.75, 3.05) is 0 Å². The van der Waals surface area contributed by atoms with E-state index in [-0.39, 0.29) is 0 Å².